The van der Waals surface area contributed by atoms with Crippen LogP contribution in [0.2, 0.25) is 0 Å². The fourth-order valence-electron chi connectivity index (χ4n) is 0.764. The molecule has 8 nitrogen and oxygen atoms in total. The molecule has 0 spiro atoms. The molecule has 1 atom stereocenters. The van der Waals surface area contributed by atoms with Crippen LogP contribution in [0.4, 0.5) is 4.79 Å². The molecule has 0 aromatic rings. The second kappa shape index (κ2) is 7.85. The van der Waals surface area contributed by atoms with Crippen LogP contribution in [-0.4, -0.2) is 45.7 Å². The van der Waals surface area contributed by atoms with Gasteiger partial charge in [0.1, 0.15) is 5.75 Å². The van der Waals surface area contributed by atoms with Gasteiger partial charge in [-0.25, -0.2) is 9.00 Å². The van der Waals surface area contributed by atoms with E-state index >= 15 is 0 Å². The Morgan fingerprint density at radius 1 is 1.21 bits per heavy atom. The lowest BCUT2D eigenvalue weighted by Crippen LogP contribution is -2.33. The van der Waals surface area contributed by atoms with Crippen LogP contribution in [0.5, 0.6) is 0 Å². The number of alkyl carbamates (subject to hydrolysis) is 1. The highest BCUT2D eigenvalue weighted by Gasteiger charge is 2.23. The van der Waals surface area contributed by atoms with Crippen LogP contribution < -0.4 is 5.32 Å². The van der Waals surface area contributed by atoms with Gasteiger partial charge in [0.15, 0.2) is 16.9 Å². The zero-order chi connectivity index (χ0) is 15.1. The van der Waals surface area contributed by atoms with Crippen LogP contribution in [0.15, 0.2) is 0 Å². The van der Waals surface area contributed by atoms with Crippen LogP contribution in [0, 0.1) is 5.41 Å². The zero-order valence-corrected chi connectivity index (χ0v) is 11.7. The van der Waals surface area contributed by atoms with Gasteiger partial charge < -0.3 is 19.3 Å². The molecule has 2 N–H and O–H groups in total. The van der Waals surface area contributed by atoms with E-state index in [1.807, 2.05) is 0 Å². The van der Waals surface area contributed by atoms with Crippen molar-refractivity contribution in [3.63, 3.8) is 0 Å². The molecular weight excluding hydrogens is 278 g/mol. The van der Waals surface area contributed by atoms with Crippen LogP contribution in [0.25, 0.3) is 0 Å². The Bertz CT molecular complexity index is 375. The standard InChI is InChI=1S/C10H17NO7S/c1-10(2,3)8(13)17-6-18-9(14)11-4-7(12)5-19(15)16/h4-6H2,1-3H3,(H,11,14)(H,15,16). The fourth-order valence-corrected chi connectivity index (χ4v) is 1.14. The Labute approximate surface area is 113 Å². The lowest BCUT2D eigenvalue weighted by Gasteiger charge is -2.16. The van der Waals surface area contributed by atoms with Crippen molar-refractivity contribution in [2.45, 2.75) is 20.8 Å². The van der Waals surface area contributed by atoms with Gasteiger partial charge in [-0.3, -0.25) is 9.59 Å². The molecule has 0 saturated carbocycles. The van der Waals surface area contributed by atoms with Crippen LogP contribution in [-0.2, 0) is 30.1 Å². The molecule has 0 heterocycles. The molecule has 0 fully saturated rings. The van der Waals surface area contributed by atoms with Gasteiger partial charge in [0.2, 0.25) is 6.79 Å². The molecule has 1 amide bonds. The first kappa shape index (κ1) is 17.5. The van der Waals surface area contributed by atoms with Crippen molar-refractivity contribution in [1.29, 1.82) is 0 Å². The third-order valence-corrected chi connectivity index (χ3v) is 2.28. The van der Waals surface area contributed by atoms with Gasteiger partial charge in [-0.2, -0.15) is 0 Å². The minimum absolute atomic E-state index is 0.432. The number of carbonyl (C=O) groups excluding carboxylic acids is 3. The van der Waals surface area contributed by atoms with Gasteiger partial charge in [0, 0.05) is 0 Å². The van der Waals surface area contributed by atoms with Crippen molar-refractivity contribution < 1.29 is 32.6 Å². The van der Waals surface area contributed by atoms with Crippen molar-refractivity contribution in [1.82, 2.24) is 5.32 Å². The van der Waals surface area contributed by atoms with Crippen LogP contribution in [0.1, 0.15) is 20.8 Å². The molecule has 0 aliphatic rings. The van der Waals surface area contributed by atoms with Crippen molar-refractivity contribution in [3.05, 3.63) is 0 Å². The van der Waals surface area contributed by atoms with E-state index in [9.17, 15) is 18.6 Å². The number of ketones is 1. The number of amides is 1. The number of hydrogen-bond donors (Lipinski definition) is 2. The van der Waals surface area contributed by atoms with E-state index < -0.39 is 53.4 Å². The summed E-state index contributed by atoms with van der Waals surface area (Å²) in [5, 5.41) is 2.05. The Hall–Kier alpha value is -1.48. The molecule has 1 unspecified atom stereocenters. The summed E-state index contributed by atoms with van der Waals surface area (Å²) < 4.78 is 27.8. The first-order valence-electron chi connectivity index (χ1n) is 5.30. The maximum absolute atomic E-state index is 11.3. The number of hydrogen-bond acceptors (Lipinski definition) is 6. The molecule has 110 valence electrons. The molecule has 0 aliphatic carbocycles. The Balaban J connectivity index is 3.80. The average Bonchev–Trinajstić information content (AvgIpc) is 2.24. The molecule has 0 radical (unpaired) electrons. The lowest BCUT2D eigenvalue weighted by molar-refractivity contribution is -0.161. The molecular formula is C10H17NO7S. The smallest absolute Gasteiger partial charge is 0.410 e. The largest absolute Gasteiger partial charge is 0.427 e. The lowest BCUT2D eigenvalue weighted by atomic mass is 9.98. The Kier molecular flexibility index (Phi) is 7.23. The minimum atomic E-state index is -2.24. The molecule has 0 rings (SSSR count). The normalized spacial score (nSPS) is 12.4. The van der Waals surface area contributed by atoms with Gasteiger partial charge in [-0.1, -0.05) is 0 Å². The number of ether oxygens (including phenoxy) is 2. The number of carbonyl (C=O) groups is 3. The second-order valence-electron chi connectivity index (χ2n) is 4.59. The molecule has 0 aromatic heterocycles. The molecule has 0 aliphatic heterocycles. The summed E-state index contributed by atoms with van der Waals surface area (Å²) in [6.45, 7) is 3.93. The van der Waals surface area contributed by atoms with Gasteiger partial charge in [-0.15, -0.1) is 0 Å². The van der Waals surface area contributed by atoms with E-state index in [-0.39, 0.29) is 0 Å². The third kappa shape index (κ3) is 9.14. The van der Waals surface area contributed by atoms with Crippen molar-refractivity contribution in [3.8, 4) is 0 Å². The van der Waals surface area contributed by atoms with E-state index in [1.165, 1.54) is 0 Å². The van der Waals surface area contributed by atoms with Gasteiger partial charge in [-0.05, 0) is 20.8 Å². The first-order chi connectivity index (χ1) is 8.62. The van der Waals surface area contributed by atoms with Gasteiger partial charge in [0.25, 0.3) is 0 Å². The van der Waals surface area contributed by atoms with E-state index in [0.29, 0.717) is 0 Å². The summed E-state index contributed by atoms with van der Waals surface area (Å²) in [6.07, 6.45) is -0.959. The number of esters is 1. The Morgan fingerprint density at radius 3 is 2.26 bits per heavy atom. The van der Waals surface area contributed by atoms with Crippen molar-refractivity contribution in [2.75, 3.05) is 19.1 Å². The second-order valence-corrected chi connectivity index (χ2v) is 5.52. The first-order valence-corrected chi connectivity index (χ1v) is 6.57. The fraction of sp³-hybridized carbons (Fsp3) is 0.700. The van der Waals surface area contributed by atoms with E-state index in [2.05, 4.69) is 14.8 Å². The van der Waals surface area contributed by atoms with Crippen molar-refractivity contribution >= 4 is 28.9 Å². The molecule has 0 saturated heterocycles. The highest BCUT2D eigenvalue weighted by Crippen LogP contribution is 2.14. The minimum Gasteiger partial charge on any atom is -0.427 e. The monoisotopic (exact) mass is 295 g/mol. The van der Waals surface area contributed by atoms with Crippen molar-refractivity contribution in [2.24, 2.45) is 5.41 Å². The predicted octanol–water partition coefficient (Wildman–Crippen LogP) is 0.0502. The summed E-state index contributed by atoms with van der Waals surface area (Å²) in [5.41, 5.74) is -0.707. The predicted molar refractivity (Wildman–Crippen MR) is 65.5 cm³/mol. The molecule has 0 aromatic carbocycles. The van der Waals surface area contributed by atoms with Gasteiger partial charge >= 0.3 is 12.1 Å². The van der Waals surface area contributed by atoms with Crippen LogP contribution in [0.3, 0.4) is 0 Å². The molecule has 19 heavy (non-hydrogen) atoms. The number of rotatable bonds is 6. The highest BCUT2D eigenvalue weighted by atomic mass is 32.2. The summed E-state index contributed by atoms with van der Waals surface area (Å²) >= 11 is -2.24. The highest BCUT2D eigenvalue weighted by molar-refractivity contribution is 7.80. The Morgan fingerprint density at radius 2 is 1.79 bits per heavy atom. The summed E-state index contributed by atoms with van der Waals surface area (Å²) in [6, 6.07) is 0. The van der Waals surface area contributed by atoms with Gasteiger partial charge in [0.05, 0.1) is 12.0 Å². The summed E-state index contributed by atoms with van der Waals surface area (Å²) in [5.74, 6) is -1.73. The van der Waals surface area contributed by atoms with E-state index in [1.54, 1.807) is 20.8 Å². The van der Waals surface area contributed by atoms with E-state index in [0.717, 1.165) is 0 Å². The van der Waals surface area contributed by atoms with E-state index in [4.69, 9.17) is 4.55 Å². The molecule has 9 heteroatoms. The quantitative estimate of drug-likeness (QED) is 0.403. The molecule has 0 bridgehead atoms. The number of nitrogens with one attached hydrogen (secondary N) is 1. The average molecular weight is 295 g/mol. The summed E-state index contributed by atoms with van der Waals surface area (Å²) in [7, 11) is 0. The summed E-state index contributed by atoms with van der Waals surface area (Å²) in [4.78, 5) is 33.3. The van der Waals surface area contributed by atoms with Crippen LogP contribution >= 0.6 is 0 Å². The topological polar surface area (TPSA) is 119 Å². The maximum Gasteiger partial charge on any atom is 0.410 e. The maximum atomic E-state index is 11.3. The SMILES string of the molecule is CC(C)(C)C(=O)OCOC(=O)NCC(=O)CS(=O)O. The number of Topliss-reactive ketones (excluding diaryl/α,β-unsaturated/α-hetero) is 1. The zero-order valence-electron chi connectivity index (χ0n) is 10.9. The third-order valence-electron chi connectivity index (χ3n) is 1.71.